The van der Waals surface area contributed by atoms with Crippen LogP contribution >= 0.6 is 23.2 Å². The van der Waals surface area contributed by atoms with E-state index in [1.54, 1.807) is 0 Å². The van der Waals surface area contributed by atoms with E-state index >= 15 is 0 Å². The minimum absolute atomic E-state index is 0.524. The number of hydrogen-bond acceptors (Lipinski definition) is 9. The van der Waals surface area contributed by atoms with E-state index in [1.807, 2.05) is 0 Å². The molecule has 1 aliphatic heterocycles. The van der Waals surface area contributed by atoms with Crippen LogP contribution < -0.4 is 30.5 Å². The van der Waals surface area contributed by atoms with Gasteiger partial charge >= 0.3 is 7.87 Å². The molecule has 0 aliphatic carbocycles. The number of nitrogens with zero attached hydrogens (tertiary/aromatic N) is 3. The van der Waals surface area contributed by atoms with Crippen LogP contribution in [0.3, 0.4) is 0 Å². The smallest absolute Gasteiger partial charge is 0.257 e. The molecule has 9 nitrogen and oxygen atoms in total. The molecule has 12 heteroatoms. The Labute approximate surface area is 238 Å². The van der Waals surface area contributed by atoms with Crippen molar-refractivity contribution in [3.8, 4) is 0 Å². The first kappa shape index (κ1) is 36.8. The molecule has 6 N–H and O–H groups in total. The second kappa shape index (κ2) is 16.4. The molecule has 0 aromatic carbocycles. The van der Waals surface area contributed by atoms with Crippen molar-refractivity contribution in [3.05, 3.63) is 0 Å². The Morgan fingerprint density at radius 3 is 1.13 bits per heavy atom. The molecule has 229 valence electrons. The molecule has 1 radical (unpaired) electrons. The fraction of sp³-hybridized carbons (Fsp3) is 1.00. The van der Waals surface area contributed by atoms with Crippen LogP contribution in [0.2, 0.25) is 0 Å². The van der Waals surface area contributed by atoms with E-state index < -0.39 is 23.2 Å². The monoisotopic (exact) mass is 597 g/mol. The molecule has 1 aliphatic rings. The van der Waals surface area contributed by atoms with E-state index in [-0.39, 0.29) is 0 Å². The summed E-state index contributed by atoms with van der Waals surface area (Å²) in [5, 5.41) is 24.5. The Bertz CT molecular complexity index is 689. The van der Waals surface area contributed by atoms with E-state index in [0.717, 1.165) is 39.3 Å². The Hall–Kier alpha value is 0.770. The molecule has 0 saturated heterocycles. The molecular weight excluding hydrogens is 531 g/mol. The van der Waals surface area contributed by atoms with Gasteiger partial charge in [0.05, 0.1) is 0 Å². The largest absolute Gasteiger partial charge is 0.317 e. The molecule has 0 saturated carbocycles. The quantitative estimate of drug-likeness (QED) is 0.0981. The van der Waals surface area contributed by atoms with Gasteiger partial charge in [0.15, 0.2) is 0 Å². The van der Waals surface area contributed by atoms with Crippen LogP contribution in [0.25, 0.3) is 0 Å². The van der Waals surface area contributed by atoms with Gasteiger partial charge in [0.25, 0.3) is 0 Å². The highest BCUT2D eigenvalue weighted by Gasteiger charge is 2.65. The van der Waals surface area contributed by atoms with Crippen LogP contribution in [0, 0.1) is 35.5 Å². The molecule has 0 amide bonds. The summed E-state index contributed by atoms with van der Waals surface area (Å²) < 4.78 is 11.1. The third-order valence-electron chi connectivity index (χ3n) is 6.25. The Morgan fingerprint density at radius 1 is 0.500 bits per heavy atom. The van der Waals surface area contributed by atoms with Crippen molar-refractivity contribution in [2.45, 2.75) is 83.1 Å². The minimum atomic E-state index is -2.34. The van der Waals surface area contributed by atoms with Crippen LogP contribution in [0.4, 0.5) is 0 Å². The van der Waals surface area contributed by atoms with Crippen molar-refractivity contribution in [1.82, 2.24) is 39.4 Å². The first-order valence-electron chi connectivity index (χ1n) is 14.9. The topological polar surface area (TPSA) is 91.0 Å². The van der Waals surface area contributed by atoms with Gasteiger partial charge in [0, 0.05) is 53.4 Å². The average Bonchev–Trinajstić information content (AvgIpc) is 2.81. The molecular formula is C26H66N9P3+. The summed E-state index contributed by atoms with van der Waals surface area (Å²) in [5.74, 6) is 3.17. The summed E-state index contributed by atoms with van der Waals surface area (Å²) in [6.07, 6.45) is 0. The first-order chi connectivity index (χ1) is 17.5. The molecule has 0 atom stereocenters. The zero-order chi connectivity index (χ0) is 29.3. The van der Waals surface area contributed by atoms with Crippen LogP contribution in [-0.2, 0) is 0 Å². The molecule has 1 heterocycles. The predicted octanol–water partition coefficient (Wildman–Crippen LogP) is 6.64. The Balaban J connectivity index is 3.99. The third-order valence-corrected chi connectivity index (χ3v) is 18.5. The van der Waals surface area contributed by atoms with E-state index in [0.29, 0.717) is 35.5 Å². The van der Waals surface area contributed by atoms with Crippen molar-refractivity contribution in [3.63, 3.8) is 0 Å². The lowest BCUT2D eigenvalue weighted by atomic mass is 10.2. The highest BCUT2D eigenvalue weighted by atomic mass is 31.3. The van der Waals surface area contributed by atoms with Gasteiger partial charge in [-0.2, -0.15) is 4.52 Å². The van der Waals surface area contributed by atoms with Gasteiger partial charge in [0.2, 0.25) is 15.4 Å². The lowest BCUT2D eigenvalue weighted by Crippen LogP contribution is -2.56. The highest BCUT2D eigenvalue weighted by Crippen LogP contribution is 2.84. The Morgan fingerprint density at radius 2 is 0.816 bits per heavy atom. The zero-order valence-corrected chi connectivity index (χ0v) is 30.1. The van der Waals surface area contributed by atoms with Gasteiger partial charge in [-0.05, 0) is 35.5 Å². The lowest BCUT2D eigenvalue weighted by Gasteiger charge is -2.55. The van der Waals surface area contributed by atoms with Crippen LogP contribution in [0.5, 0.6) is 0 Å². The molecule has 0 unspecified atom stereocenters. The van der Waals surface area contributed by atoms with Crippen molar-refractivity contribution < 1.29 is 0 Å². The summed E-state index contributed by atoms with van der Waals surface area (Å²) in [4.78, 5) is 0. The lowest BCUT2D eigenvalue weighted by molar-refractivity contribution is 0.524. The van der Waals surface area contributed by atoms with Gasteiger partial charge in [-0.25, -0.2) is 0 Å². The molecule has 0 spiro atoms. The summed E-state index contributed by atoms with van der Waals surface area (Å²) in [5.41, 5.74) is 0. The standard InChI is InChI=1S/C26H66N9P3/c1-21(2)15-27-36(28-16-22(3)4)33-37(29-17-23(5)6,30-18-24(7)8)35(14)38(34(36)13,31-19-25(9)10)32-20-26(11)12/h21-32H,15-20H2,1-14H3/q+1. The van der Waals surface area contributed by atoms with Gasteiger partial charge in [0.1, 0.15) is 0 Å². The van der Waals surface area contributed by atoms with Crippen LogP contribution in [0.1, 0.15) is 83.1 Å². The van der Waals surface area contributed by atoms with Crippen molar-refractivity contribution >= 4 is 23.2 Å². The maximum Gasteiger partial charge on any atom is 0.317 e. The van der Waals surface area contributed by atoms with Crippen molar-refractivity contribution in [2.75, 3.05) is 53.4 Å². The molecule has 0 fully saturated rings. The number of nitrogens with one attached hydrogen (secondary N) is 6. The zero-order valence-electron chi connectivity index (χ0n) is 27.4. The Kier molecular flexibility index (Phi) is 15.9. The molecule has 1 rings (SSSR count). The molecule has 0 aromatic heterocycles. The number of rotatable bonds is 18. The summed E-state index contributed by atoms with van der Waals surface area (Å²) >= 11 is 0. The SMILES string of the molecule is CC(C)CN[P]1(NCC(C)C)N=P(NCC(C)C)(NCC(C)C)N(C)[P+](NCC(C)C)(NCC(C)C)N1C. The first-order valence-corrected chi connectivity index (χ1v) is 20.0. The van der Waals surface area contributed by atoms with Crippen LogP contribution in [0.15, 0.2) is 4.52 Å². The summed E-state index contributed by atoms with van der Waals surface area (Å²) in [7, 11) is -2.34. The van der Waals surface area contributed by atoms with Crippen LogP contribution in [-0.4, -0.2) is 62.2 Å². The van der Waals surface area contributed by atoms with E-state index in [2.05, 4.69) is 137 Å². The van der Waals surface area contributed by atoms with Gasteiger partial charge in [-0.1, -0.05) is 92.0 Å². The maximum absolute atomic E-state index is 5.92. The average molecular weight is 598 g/mol. The minimum Gasteiger partial charge on any atom is -0.257 e. The van der Waals surface area contributed by atoms with Crippen molar-refractivity contribution in [2.24, 2.45) is 40.0 Å². The fourth-order valence-corrected chi connectivity index (χ4v) is 19.4. The normalized spacial score (nSPS) is 20.0. The summed E-state index contributed by atoms with van der Waals surface area (Å²) in [6.45, 7) is 33.0. The van der Waals surface area contributed by atoms with Gasteiger partial charge < -0.3 is 0 Å². The second-order valence-electron chi connectivity index (χ2n) is 13.4. The predicted molar refractivity (Wildman–Crippen MR) is 176 cm³/mol. The maximum atomic E-state index is 5.92. The fourth-order valence-electron chi connectivity index (χ4n) is 3.84. The van der Waals surface area contributed by atoms with Crippen molar-refractivity contribution in [1.29, 1.82) is 0 Å². The molecule has 0 aromatic rings. The van der Waals surface area contributed by atoms with Gasteiger partial charge in [-0.3, -0.25) is 20.3 Å². The van der Waals surface area contributed by atoms with E-state index in [4.69, 9.17) is 4.52 Å². The van der Waals surface area contributed by atoms with E-state index in [1.165, 1.54) is 0 Å². The van der Waals surface area contributed by atoms with E-state index in [9.17, 15) is 0 Å². The third kappa shape index (κ3) is 10.6. The number of hydrogen-bond donors (Lipinski definition) is 6. The summed E-state index contributed by atoms with van der Waals surface area (Å²) in [6, 6.07) is 0. The second-order valence-corrected chi connectivity index (χ2v) is 22.7. The molecule has 38 heavy (non-hydrogen) atoms. The highest BCUT2D eigenvalue weighted by molar-refractivity contribution is 7.92. The molecule has 0 bridgehead atoms. The van der Waals surface area contributed by atoms with Gasteiger partial charge in [-0.15, -0.1) is 10.2 Å².